The molecule has 3 aromatic carbocycles. The molecule has 1 unspecified atom stereocenters. The molecule has 0 spiro atoms. The molecule has 2 heterocycles. The maximum atomic E-state index is 15.1. The number of halogens is 3. The van der Waals surface area contributed by atoms with Crippen molar-refractivity contribution >= 4 is 35.3 Å². The van der Waals surface area contributed by atoms with E-state index in [1.165, 1.54) is 47.7 Å². The van der Waals surface area contributed by atoms with Crippen LogP contribution in [0.1, 0.15) is 26.4 Å². The van der Waals surface area contributed by atoms with Crippen molar-refractivity contribution in [3.05, 3.63) is 146 Å². The normalized spacial score (nSPS) is 15.7. The van der Waals surface area contributed by atoms with Gasteiger partial charge in [-0.3, -0.25) is 0 Å². The van der Waals surface area contributed by atoms with E-state index in [0.717, 1.165) is 27.8 Å². The SMILES string of the molecule is N#CC(C#N)=C1OC(c2ccccc2)(C(F)(F)F)C(/C=C/c2ccc(/C=C/c3ccc(N(CCO)CCO)cc3OCc3ccccc3)s2)=C1C#N. The molecule has 0 saturated carbocycles. The number of hydrogen-bond acceptors (Lipinski definition) is 9. The van der Waals surface area contributed by atoms with E-state index in [0.29, 0.717) is 30.3 Å². The second-order valence-corrected chi connectivity index (χ2v) is 12.5. The minimum absolute atomic E-state index is 0.0960. The molecule has 0 bridgehead atoms. The van der Waals surface area contributed by atoms with Gasteiger partial charge in [-0.05, 0) is 48.1 Å². The van der Waals surface area contributed by atoms with E-state index in [2.05, 4.69) is 0 Å². The highest BCUT2D eigenvalue weighted by Gasteiger charge is 2.65. The van der Waals surface area contributed by atoms with E-state index in [-0.39, 0.29) is 18.8 Å². The van der Waals surface area contributed by atoms with Crippen LogP contribution in [0.15, 0.2) is 120 Å². The van der Waals surface area contributed by atoms with E-state index in [4.69, 9.17) is 9.47 Å². The van der Waals surface area contributed by atoms with E-state index < -0.39 is 34.3 Å². The summed E-state index contributed by atoms with van der Waals surface area (Å²) in [4.78, 5) is 3.17. The van der Waals surface area contributed by atoms with Gasteiger partial charge < -0.3 is 24.6 Å². The maximum Gasteiger partial charge on any atom is 0.437 e. The van der Waals surface area contributed by atoms with Gasteiger partial charge in [-0.1, -0.05) is 66.7 Å². The molecule has 2 N–H and O–H groups in total. The Hall–Kier alpha value is -6.10. The van der Waals surface area contributed by atoms with Gasteiger partial charge >= 0.3 is 6.18 Å². The van der Waals surface area contributed by atoms with Crippen LogP contribution in [-0.4, -0.2) is 42.7 Å². The first kappa shape index (κ1) is 37.2. The monoisotopic (exact) mass is 720 g/mol. The number of benzene rings is 3. The van der Waals surface area contributed by atoms with Crippen molar-refractivity contribution in [1.29, 1.82) is 15.8 Å². The number of alkyl halides is 3. The Bertz CT molecular complexity index is 2120. The van der Waals surface area contributed by atoms with Crippen LogP contribution in [0, 0.1) is 34.0 Å². The predicted octanol–water partition coefficient (Wildman–Crippen LogP) is 7.91. The Morgan fingerprint density at radius 1 is 0.827 bits per heavy atom. The first-order valence-electron chi connectivity index (χ1n) is 15.9. The van der Waals surface area contributed by atoms with Crippen molar-refractivity contribution < 1.29 is 32.9 Å². The van der Waals surface area contributed by atoms with Crippen molar-refractivity contribution in [2.24, 2.45) is 0 Å². The van der Waals surface area contributed by atoms with E-state index in [1.54, 1.807) is 30.3 Å². The third kappa shape index (κ3) is 7.94. The molecule has 1 atom stereocenters. The fraction of sp³-hybridized carbons (Fsp3) is 0.175. The molecule has 1 aliphatic rings. The molecule has 0 radical (unpaired) electrons. The second kappa shape index (κ2) is 16.7. The number of ether oxygens (including phenoxy) is 2. The van der Waals surface area contributed by atoms with E-state index in [1.807, 2.05) is 65.6 Å². The quantitative estimate of drug-likeness (QED) is 0.133. The van der Waals surface area contributed by atoms with Crippen molar-refractivity contribution in [2.45, 2.75) is 18.4 Å². The maximum absolute atomic E-state index is 15.1. The number of rotatable bonds is 13. The van der Waals surface area contributed by atoms with Gasteiger partial charge in [0.1, 0.15) is 36.1 Å². The average Bonchev–Trinajstić information content (AvgIpc) is 3.76. The lowest BCUT2D eigenvalue weighted by molar-refractivity contribution is -0.249. The summed E-state index contributed by atoms with van der Waals surface area (Å²) in [6.07, 6.45) is 1.18. The van der Waals surface area contributed by atoms with Gasteiger partial charge in [-0.2, -0.15) is 29.0 Å². The zero-order valence-electron chi connectivity index (χ0n) is 27.5. The van der Waals surface area contributed by atoms with Crippen LogP contribution < -0.4 is 9.64 Å². The van der Waals surface area contributed by atoms with Crippen LogP contribution in [0.4, 0.5) is 18.9 Å². The summed E-state index contributed by atoms with van der Waals surface area (Å²) in [5.74, 6) is -0.162. The molecule has 0 amide bonds. The Kier molecular flexibility index (Phi) is 12.0. The number of nitriles is 3. The number of aliphatic hydroxyl groups excluding tert-OH is 2. The van der Waals surface area contributed by atoms with Gasteiger partial charge in [0.05, 0.1) is 13.2 Å². The Labute approximate surface area is 302 Å². The number of thiophene rings is 1. The Balaban J connectivity index is 1.49. The van der Waals surface area contributed by atoms with Gasteiger partial charge in [0.2, 0.25) is 0 Å². The van der Waals surface area contributed by atoms with Gasteiger partial charge in [0, 0.05) is 51.3 Å². The smallest absolute Gasteiger partial charge is 0.437 e. The lowest BCUT2D eigenvalue weighted by atomic mass is 9.84. The minimum Gasteiger partial charge on any atom is -0.488 e. The summed E-state index contributed by atoms with van der Waals surface area (Å²) >= 11 is 1.28. The summed E-state index contributed by atoms with van der Waals surface area (Å²) < 4.78 is 57.0. The fourth-order valence-electron chi connectivity index (χ4n) is 5.65. The first-order valence-corrected chi connectivity index (χ1v) is 16.7. The number of aliphatic hydroxyl groups is 2. The molecule has 5 rings (SSSR count). The van der Waals surface area contributed by atoms with Crippen LogP contribution in [-0.2, 0) is 16.9 Å². The molecule has 0 fully saturated rings. The number of anilines is 1. The van der Waals surface area contributed by atoms with Crippen molar-refractivity contribution in [3.8, 4) is 24.0 Å². The number of nitrogens with zero attached hydrogens (tertiary/aromatic N) is 4. The molecule has 0 saturated heterocycles. The zero-order chi connectivity index (χ0) is 37.1. The summed E-state index contributed by atoms with van der Waals surface area (Å²) in [6, 6.07) is 30.3. The van der Waals surface area contributed by atoms with Gasteiger partial charge in [0.15, 0.2) is 11.3 Å². The van der Waals surface area contributed by atoms with Crippen LogP contribution in [0.2, 0.25) is 0 Å². The van der Waals surface area contributed by atoms with Crippen molar-refractivity contribution in [1.82, 2.24) is 0 Å². The van der Waals surface area contributed by atoms with Gasteiger partial charge in [-0.25, -0.2) is 0 Å². The van der Waals surface area contributed by atoms with E-state index >= 15 is 13.2 Å². The van der Waals surface area contributed by atoms with Crippen LogP contribution >= 0.6 is 11.3 Å². The largest absolute Gasteiger partial charge is 0.488 e. The van der Waals surface area contributed by atoms with Crippen LogP contribution in [0.3, 0.4) is 0 Å². The third-order valence-corrected chi connectivity index (χ3v) is 9.12. The Morgan fingerprint density at radius 3 is 2.02 bits per heavy atom. The van der Waals surface area contributed by atoms with Crippen LogP contribution in [0.5, 0.6) is 5.75 Å². The van der Waals surface area contributed by atoms with E-state index in [9.17, 15) is 26.0 Å². The average molecular weight is 721 g/mol. The summed E-state index contributed by atoms with van der Waals surface area (Å²) in [7, 11) is 0. The summed E-state index contributed by atoms with van der Waals surface area (Å²) in [5.41, 5.74) is -2.85. The highest BCUT2D eigenvalue weighted by Crippen LogP contribution is 2.56. The second-order valence-electron chi connectivity index (χ2n) is 11.3. The third-order valence-electron chi connectivity index (χ3n) is 8.10. The molecule has 0 aliphatic carbocycles. The number of hydrogen-bond donors (Lipinski definition) is 2. The lowest BCUT2D eigenvalue weighted by Crippen LogP contribution is -2.43. The molecule has 52 heavy (non-hydrogen) atoms. The topological polar surface area (TPSA) is 134 Å². The summed E-state index contributed by atoms with van der Waals surface area (Å²) in [6.45, 7) is 0.752. The standard InChI is InChI=1S/C40H31F3N4O4S/c41-40(42,43)39(31-9-5-2-6-10-31)36(35(26-46)38(51-39)30(24-44)25-45)18-17-34-16-15-33(52-34)14-12-29-11-13-32(47(19-21-48)20-22-49)23-37(29)50-27-28-7-3-1-4-8-28/h1-18,23,48-49H,19-22,27H2/b14-12+,18-17+. The van der Waals surface area contributed by atoms with Crippen LogP contribution in [0.25, 0.3) is 18.2 Å². The minimum atomic E-state index is -5.08. The van der Waals surface area contributed by atoms with Crippen molar-refractivity contribution in [2.75, 3.05) is 31.2 Å². The lowest BCUT2D eigenvalue weighted by Gasteiger charge is -2.33. The highest BCUT2D eigenvalue weighted by molar-refractivity contribution is 7.13. The molecule has 4 aromatic rings. The summed E-state index contributed by atoms with van der Waals surface area (Å²) in [5, 5.41) is 48.0. The van der Waals surface area contributed by atoms with Gasteiger partial charge in [-0.15, -0.1) is 11.3 Å². The first-order chi connectivity index (χ1) is 25.2. The van der Waals surface area contributed by atoms with Gasteiger partial charge in [0.25, 0.3) is 5.60 Å². The zero-order valence-corrected chi connectivity index (χ0v) is 28.4. The molecule has 8 nitrogen and oxygen atoms in total. The molecule has 12 heteroatoms. The molecular weight excluding hydrogens is 690 g/mol. The molecular formula is C40H31F3N4O4S. The fourth-order valence-corrected chi connectivity index (χ4v) is 6.46. The predicted molar refractivity (Wildman–Crippen MR) is 192 cm³/mol. The molecule has 1 aliphatic heterocycles. The molecule has 262 valence electrons. The number of allylic oxidation sites excluding steroid dienone is 2. The van der Waals surface area contributed by atoms with Crippen molar-refractivity contribution in [3.63, 3.8) is 0 Å². The Morgan fingerprint density at radius 2 is 1.44 bits per heavy atom. The molecule has 1 aromatic heterocycles. The highest BCUT2D eigenvalue weighted by atomic mass is 32.1.